The van der Waals surface area contributed by atoms with Crippen molar-refractivity contribution in [2.75, 3.05) is 32.7 Å². The molecule has 0 amide bonds. The highest BCUT2D eigenvalue weighted by Crippen LogP contribution is 2.31. The molecule has 2 aliphatic rings. The molecule has 0 spiro atoms. The summed E-state index contributed by atoms with van der Waals surface area (Å²) in [6.07, 6.45) is 2.70. The number of nitrogens with zero attached hydrogens (tertiary/aromatic N) is 2. The number of piperazine rings is 1. The molecule has 100 valence electrons. The molecule has 2 heterocycles. The fraction of sp³-hybridized carbons (Fsp3) is 1.00. The van der Waals surface area contributed by atoms with Gasteiger partial charge in [-0.1, -0.05) is 0 Å². The summed E-state index contributed by atoms with van der Waals surface area (Å²) in [4.78, 5) is 5.39. The van der Waals surface area contributed by atoms with Crippen molar-refractivity contribution in [1.82, 2.24) is 15.1 Å². The van der Waals surface area contributed by atoms with Gasteiger partial charge in [0.15, 0.2) is 0 Å². The van der Waals surface area contributed by atoms with Crippen molar-refractivity contribution in [2.45, 2.75) is 58.2 Å². The van der Waals surface area contributed by atoms with Gasteiger partial charge in [0.05, 0.1) is 0 Å². The standard InChI is InChI=1S/C14H29N3/c1-12(2)17-11-13(5-6-14(17,3)4)16-9-7-15-8-10-16/h12-13,15H,5-11H2,1-4H3. The van der Waals surface area contributed by atoms with Crippen molar-refractivity contribution in [3.63, 3.8) is 0 Å². The Morgan fingerprint density at radius 3 is 2.41 bits per heavy atom. The lowest BCUT2D eigenvalue weighted by atomic mass is 9.86. The third-order valence-electron chi connectivity index (χ3n) is 4.57. The van der Waals surface area contributed by atoms with E-state index < -0.39 is 0 Å². The lowest BCUT2D eigenvalue weighted by Crippen LogP contribution is -2.60. The van der Waals surface area contributed by atoms with Gasteiger partial charge in [-0.05, 0) is 40.5 Å². The Kier molecular flexibility index (Phi) is 4.11. The first kappa shape index (κ1) is 13.3. The van der Waals surface area contributed by atoms with Gasteiger partial charge in [-0.25, -0.2) is 0 Å². The molecule has 2 aliphatic heterocycles. The molecule has 0 aromatic rings. The van der Waals surface area contributed by atoms with E-state index in [1.54, 1.807) is 0 Å². The Morgan fingerprint density at radius 1 is 1.18 bits per heavy atom. The van der Waals surface area contributed by atoms with E-state index in [1.807, 2.05) is 0 Å². The van der Waals surface area contributed by atoms with Crippen molar-refractivity contribution < 1.29 is 0 Å². The molecule has 2 saturated heterocycles. The van der Waals surface area contributed by atoms with Gasteiger partial charge in [-0.3, -0.25) is 9.80 Å². The van der Waals surface area contributed by atoms with Crippen LogP contribution in [0.25, 0.3) is 0 Å². The van der Waals surface area contributed by atoms with Crippen molar-refractivity contribution in [3.05, 3.63) is 0 Å². The van der Waals surface area contributed by atoms with Gasteiger partial charge < -0.3 is 5.32 Å². The molecule has 1 atom stereocenters. The normalized spacial score (nSPS) is 31.9. The van der Waals surface area contributed by atoms with Crippen LogP contribution in [0.5, 0.6) is 0 Å². The van der Waals surface area contributed by atoms with Gasteiger partial charge >= 0.3 is 0 Å². The van der Waals surface area contributed by atoms with E-state index in [9.17, 15) is 0 Å². The Morgan fingerprint density at radius 2 is 1.82 bits per heavy atom. The molecule has 0 aromatic heterocycles. The first-order valence-electron chi connectivity index (χ1n) is 7.22. The first-order chi connectivity index (χ1) is 8.00. The largest absolute Gasteiger partial charge is 0.314 e. The van der Waals surface area contributed by atoms with Gasteiger partial charge in [0.2, 0.25) is 0 Å². The van der Waals surface area contributed by atoms with E-state index in [4.69, 9.17) is 0 Å². The fourth-order valence-corrected chi connectivity index (χ4v) is 3.48. The summed E-state index contributed by atoms with van der Waals surface area (Å²) in [6.45, 7) is 15.5. The van der Waals surface area contributed by atoms with Crippen LogP contribution in [0.15, 0.2) is 0 Å². The third-order valence-corrected chi connectivity index (χ3v) is 4.57. The molecule has 3 nitrogen and oxygen atoms in total. The minimum absolute atomic E-state index is 0.388. The van der Waals surface area contributed by atoms with Gasteiger partial charge in [0.1, 0.15) is 0 Å². The summed E-state index contributed by atoms with van der Waals surface area (Å²) in [6, 6.07) is 1.45. The van der Waals surface area contributed by atoms with Crippen molar-refractivity contribution in [2.24, 2.45) is 0 Å². The fourth-order valence-electron chi connectivity index (χ4n) is 3.48. The maximum Gasteiger partial charge on any atom is 0.0225 e. The summed E-state index contributed by atoms with van der Waals surface area (Å²) in [7, 11) is 0. The summed E-state index contributed by atoms with van der Waals surface area (Å²) in [5.41, 5.74) is 0.388. The summed E-state index contributed by atoms with van der Waals surface area (Å²) in [5, 5.41) is 3.45. The van der Waals surface area contributed by atoms with Gasteiger partial charge in [0.25, 0.3) is 0 Å². The van der Waals surface area contributed by atoms with E-state index in [1.165, 1.54) is 45.6 Å². The third kappa shape index (κ3) is 3.01. The predicted octanol–water partition coefficient (Wildman–Crippen LogP) is 1.54. The molecule has 1 N–H and O–H groups in total. The second kappa shape index (κ2) is 5.25. The monoisotopic (exact) mass is 239 g/mol. The number of hydrogen-bond acceptors (Lipinski definition) is 3. The smallest absolute Gasteiger partial charge is 0.0225 e. The molecule has 0 saturated carbocycles. The number of piperidine rings is 1. The van der Waals surface area contributed by atoms with Crippen LogP contribution in [-0.4, -0.2) is 60.1 Å². The minimum atomic E-state index is 0.388. The zero-order valence-corrected chi connectivity index (χ0v) is 12.0. The van der Waals surface area contributed by atoms with Crippen LogP contribution in [-0.2, 0) is 0 Å². The quantitative estimate of drug-likeness (QED) is 0.788. The molecule has 2 fully saturated rings. The predicted molar refractivity (Wildman–Crippen MR) is 73.4 cm³/mol. The van der Waals surface area contributed by atoms with E-state index in [-0.39, 0.29) is 0 Å². The molecule has 0 radical (unpaired) electrons. The summed E-state index contributed by atoms with van der Waals surface area (Å²) >= 11 is 0. The zero-order chi connectivity index (χ0) is 12.5. The molecular formula is C14H29N3. The molecular weight excluding hydrogens is 210 g/mol. The van der Waals surface area contributed by atoms with Crippen LogP contribution in [0, 0.1) is 0 Å². The maximum absolute atomic E-state index is 3.45. The van der Waals surface area contributed by atoms with Crippen LogP contribution >= 0.6 is 0 Å². The molecule has 17 heavy (non-hydrogen) atoms. The van der Waals surface area contributed by atoms with Crippen LogP contribution < -0.4 is 5.32 Å². The Labute approximate surface area is 107 Å². The Bertz CT molecular complexity index is 244. The molecule has 3 heteroatoms. The SMILES string of the molecule is CC(C)N1CC(N2CCNCC2)CCC1(C)C. The van der Waals surface area contributed by atoms with E-state index in [0.717, 1.165) is 6.04 Å². The van der Waals surface area contributed by atoms with E-state index in [2.05, 4.69) is 42.8 Å². The summed E-state index contributed by atoms with van der Waals surface area (Å²) < 4.78 is 0. The van der Waals surface area contributed by atoms with Crippen molar-refractivity contribution >= 4 is 0 Å². The molecule has 0 aliphatic carbocycles. The average molecular weight is 239 g/mol. The van der Waals surface area contributed by atoms with Crippen molar-refractivity contribution in [1.29, 1.82) is 0 Å². The summed E-state index contributed by atoms with van der Waals surface area (Å²) in [5.74, 6) is 0. The second-order valence-corrected chi connectivity index (χ2v) is 6.54. The average Bonchev–Trinajstić information content (AvgIpc) is 2.29. The number of likely N-dealkylation sites (tertiary alicyclic amines) is 1. The Hall–Kier alpha value is -0.120. The topological polar surface area (TPSA) is 18.5 Å². The number of hydrogen-bond donors (Lipinski definition) is 1. The molecule has 0 aromatic carbocycles. The highest BCUT2D eigenvalue weighted by molar-refractivity contribution is 4.94. The molecule has 2 rings (SSSR count). The van der Waals surface area contributed by atoms with E-state index in [0.29, 0.717) is 11.6 Å². The molecule has 0 bridgehead atoms. The highest BCUT2D eigenvalue weighted by Gasteiger charge is 2.37. The lowest BCUT2D eigenvalue weighted by molar-refractivity contribution is -0.00743. The first-order valence-corrected chi connectivity index (χ1v) is 7.22. The highest BCUT2D eigenvalue weighted by atomic mass is 15.3. The lowest BCUT2D eigenvalue weighted by Gasteiger charge is -2.51. The minimum Gasteiger partial charge on any atom is -0.314 e. The van der Waals surface area contributed by atoms with Crippen molar-refractivity contribution in [3.8, 4) is 0 Å². The van der Waals surface area contributed by atoms with E-state index >= 15 is 0 Å². The van der Waals surface area contributed by atoms with Crippen LogP contribution in [0.2, 0.25) is 0 Å². The van der Waals surface area contributed by atoms with Crippen LogP contribution in [0.4, 0.5) is 0 Å². The number of rotatable bonds is 2. The van der Waals surface area contributed by atoms with Crippen LogP contribution in [0.3, 0.4) is 0 Å². The second-order valence-electron chi connectivity index (χ2n) is 6.54. The Balaban J connectivity index is 1.98. The number of nitrogens with one attached hydrogen (secondary N) is 1. The van der Waals surface area contributed by atoms with Gasteiger partial charge in [0, 0.05) is 50.3 Å². The van der Waals surface area contributed by atoms with Crippen LogP contribution in [0.1, 0.15) is 40.5 Å². The maximum atomic E-state index is 3.45. The zero-order valence-electron chi connectivity index (χ0n) is 12.0. The van der Waals surface area contributed by atoms with Gasteiger partial charge in [-0.15, -0.1) is 0 Å². The molecule has 1 unspecified atom stereocenters. The van der Waals surface area contributed by atoms with Gasteiger partial charge in [-0.2, -0.15) is 0 Å².